The number of phenolic OH excluding ortho intramolecular Hbond substituents is 1. The van der Waals surface area contributed by atoms with Gasteiger partial charge >= 0.3 is 0 Å². The Morgan fingerprint density at radius 2 is 2.33 bits per heavy atom. The molecule has 82 valence electrons. The minimum Gasteiger partial charge on any atom is -0.504 e. The van der Waals surface area contributed by atoms with Crippen LogP contribution in [-0.4, -0.2) is 18.3 Å². The molecule has 0 saturated carbocycles. The molecule has 0 amide bonds. The summed E-state index contributed by atoms with van der Waals surface area (Å²) in [5.74, 6) is 0.665. The van der Waals surface area contributed by atoms with Crippen LogP contribution in [0, 0.1) is 0 Å². The molecule has 15 heavy (non-hydrogen) atoms. The molecule has 1 unspecified atom stereocenters. The van der Waals surface area contributed by atoms with Gasteiger partial charge in [-0.1, -0.05) is 12.1 Å². The average Bonchev–Trinajstić information content (AvgIpc) is 2.26. The maximum absolute atomic E-state index is 9.54. The summed E-state index contributed by atoms with van der Waals surface area (Å²) < 4.78 is 4.96. The second kappa shape index (κ2) is 5.41. The molecule has 0 aliphatic carbocycles. The van der Waals surface area contributed by atoms with Crippen LogP contribution in [0.25, 0.3) is 0 Å². The van der Waals surface area contributed by atoms with E-state index < -0.39 is 0 Å². The van der Waals surface area contributed by atoms with Gasteiger partial charge in [0.15, 0.2) is 11.5 Å². The third-order valence-corrected chi connectivity index (χ3v) is 2.22. The number of benzene rings is 1. The van der Waals surface area contributed by atoms with Crippen molar-refractivity contribution in [1.82, 2.24) is 5.32 Å². The van der Waals surface area contributed by atoms with Crippen molar-refractivity contribution >= 4 is 0 Å². The van der Waals surface area contributed by atoms with E-state index in [1.807, 2.05) is 19.1 Å². The van der Waals surface area contributed by atoms with E-state index in [0.29, 0.717) is 12.3 Å². The molecule has 0 aliphatic rings. The summed E-state index contributed by atoms with van der Waals surface area (Å²) in [5, 5.41) is 12.8. The van der Waals surface area contributed by atoms with E-state index in [1.54, 1.807) is 12.1 Å². The summed E-state index contributed by atoms with van der Waals surface area (Å²) in [5.41, 5.74) is 1.02. The molecule has 3 heteroatoms. The molecule has 1 rings (SSSR count). The molecular weight excluding hydrogens is 190 g/mol. The van der Waals surface area contributed by atoms with Gasteiger partial charge in [0.25, 0.3) is 0 Å². The first kappa shape index (κ1) is 11.6. The largest absolute Gasteiger partial charge is 0.504 e. The third kappa shape index (κ3) is 3.29. The van der Waals surface area contributed by atoms with Gasteiger partial charge in [-0.15, -0.1) is 6.58 Å². The quantitative estimate of drug-likeness (QED) is 0.726. The molecule has 0 aromatic heterocycles. The predicted octanol–water partition coefficient (Wildman–Crippen LogP) is 2.06. The van der Waals surface area contributed by atoms with Crippen LogP contribution in [0.15, 0.2) is 30.9 Å². The zero-order valence-corrected chi connectivity index (χ0v) is 9.16. The molecule has 1 aromatic rings. The molecule has 3 nitrogen and oxygen atoms in total. The van der Waals surface area contributed by atoms with Gasteiger partial charge in [-0.25, -0.2) is 0 Å². The number of hydrogen-bond acceptors (Lipinski definition) is 3. The van der Waals surface area contributed by atoms with Gasteiger partial charge in [0, 0.05) is 12.6 Å². The summed E-state index contributed by atoms with van der Waals surface area (Å²) in [4.78, 5) is 0. The van der Waals surface area contributed by atoms with Crippen LogP contribution in [0.4, 0.5) is 0 Å². The van der Waals surface area contributed by atoms with Crippen LogP contribution in [-0.2, 0) is 6.54 Å². The summed E-state index contributed by atoms with van der Waals surface area (Å²) in [6, 6.07) is 5.63. The Morgan fingerprint density at radius 3 is 2.87 bits per heavy atom. The van der Waals surface area contributed by atoms with Crippen molar-refractivity contribution in [2.45, 2.75) is 19.5 Å². The van der Waals surface area contributed by atoms with Crippen LogP contribution in [0.2, 0.25) is 0 Å². The van der Waals surface area contributed by atoms with Crippen LogP contribution in [0.1, 0.15) is 12.5 Å². The molecule has 0 spiro atoms. The highest BCUT2D eigenvalue weighted by Gasteiger charge is 2.02. The van der Waals surface area contributed by atoms with Gasteiger partial charge in [0.1, 0.15) is 0 Å². The predicted molar refractivity (Wildman–Crippen MR) is 61.2 cm³/mol. The zero-order chi connectivity index (χ0) is 11.3. The van der Waals surface area contributed by atoms with Gasteiger partial charge in [-0.2, -0.15) is 0 Å². The number of methoxy groups -OCH3 is 1. The van der Waals surface area contributed by atoms with Crippen molar-refractivity contribution in [2.24, 2.45) is 0 Å². The van der Waals surface area contributed by atoms with E-state index in [-0.39, 0.29) is 11.8 Å². The maximum atomic E-state index is 9.54. The van der Waals surface area contributed by atoms with E-state index in [9.17, 15) is 5.11 Å². The topological polar surface area (TPSA) is 41.5 Å². The molecule has 0 bridgehead atoms. The van der Waals surface area contributed by atoms with E-state index in [4.69, 9.17) is 4.74 Å². The Hall–Kier alpha value is -1.48. The van der Waals surface area contributed by atoms with Crippen molar-refractivity contribution in [1.29, 1.82) is 0 Å². The smallest absolute Gasteiger partial charge is 0.160 e. The number of rotatable bonds is 5. The lowest BCUT2D eigenvalue weighted by Gasteiger charge is -2.10. The molecule has 1 aromatic carbocycles. The monoisotopic (exact) mass is 207 g/mol. The Bertz CT molecular complexity index is 336. The lowest BCUT2D eigenvalue weighted by Crippen LogP contribution is -2.22. The Morgan fingerprint density at radius 1 is 1.60 bits per heavy atom. The fourth-order valence-corrected chi connectivity index (χ4v) is 1.21. The summed E-state index contributed by atoms with van der Waals surface area (Å²) in [6.07, 6.45) is 1.84. The minimum atomic E-state index is 0.169. The maximum Gasteiger partial charge on any atom is 0.160 e. The summed E-state index contributed by atoms with van der Waals surface area (Å²) >= 11 is 0. The van der Waals surface area contributed by atoms with Crippen LogP contribution in [0.3, 0.4) is 0 Å². The molecule has 0 saturated heterocycles. The van der Waals surface area contributed by atoms with Crippen molar-refractivity contribution in [3.63, 3.8) is 0 Å². The first-order valence-electron chi connectivity index (χ1n) is 4.89. The number of hydrogen-bond donors (Lipinski definition) is 2. The van der Waals surface area contributed by atoms with E-state index in [0.717, 1.165) is 5.56 Å². The molecule has 0 aliphatic heterocycles. The van der Waals surface area contributed by atoms with Crippen molar-refractivity contribution in [3.8, 4) is 11.5 Å². The highest BCUT2D eigenvalue weighted by atomic mass is 16.5. The van der Waals surface area contributed by atoms with Gasteiger partial charge in [0.2, 0.25) is 0 Å². The molecule has 1 atom stereocenters. The highest BCUT2D eigenvalue weighted by Crippen LogP contribution is 2.25. The van der Waals surface area contributed by atoms with Crippen molar-refractivity contribution in [2.75, 3.05) is 7.11 Å². The fourth-order valence-electron chi connectivity index (χ4n) is 1.21. The number of phenols is 1. The minimum absolute atomic E-state index is 0.169. The first-order chi connectivity index (χ1) is 7.17. The fraction of sp³-hybridized carbons (Fsp3) is 0.333. The second-order valence-electron chi connectivity index (χ2n) is 3.41. The number of nitrogens with one attached hydrogen (secondary N) is 1. The molecule has 2 N–H and O–H groups in total. The Balaban J connectivity index is 2.63. The standard InChI is InChI=1S/C12H17NO2/c1-4-9(2)13-8-10-5-6-12(15-3)11(14)7-10/h4-7,9,13-14H,1,8H2,2-3H3. The lowest BCUT2D eigenvalue weighted by molar-refractivity contribution is 0.373. The summed E-state index contributed by atoms with van der Waals surface area (Å²) in [6.45, 7) is 6.41. The number of ether oxygens (including phenoxy) is 1. The SMILES string of the molecule is C=CC(C)NCc1ccc(OC)c(O)c1. The molecule has 0 heterocycles. The van der Waals surface area contributed by atoms with Gasteiger partial charge < -0.3 is 15.2 Å². The van der Waals surface area contributed by atoms with Gasteiger partial charge in [-0.3, -0.25) is 0 Å². The summed E-state index contributed by atoms with van der Waals surface area (Å²) in [7, 11) is 1.53. The van der Waals surface area contributed by atoms with E-state index in [2.05, 4.69) is 11.9 Å². The second-order valence-corrected chi connectivity index (χ2v) is 3.41. The normalized spacial score (nSPS) is 12.1. The van der Waals surface area contributed by atoms with Gasteiger partial charge in [0.05, 0.1) is 7.11 Å². The first-order valence-corrected chi connectivity index (χ1v) is 4.89. The van der Waals surface area contributed by atoms with Crippen molar-refractivity contribution in [3.05, 3.63) is 36.4 Å². The van der Waals surface area contributed by atoms with Crippen LogP contribution >= 0.6 is 0 Å². The molecule has 0 radical (unpaired) electrons. The average molecular weight is 207 g/mol. The van der Waals surface area contributed by atoms with E-state index >= 15 is 0 Å². The zero-order valence-electron chi connectivity index (χ0n) is 9.16. The van der Waals surface area contributed by atoms with Crippen molar-refractivity contribution < 1.29 is 9.84 Å². The highest BCUT2D eigenvalue weighted by molar-refractivity contribution is 5.41. The Kier molecular flexibility index (Phi) is 4.18. The third-order valence-electron chi connectivity index (χ3n) is 2.22. The number of aromatic hydroxyl groups is 1. The molecule has 0 fully saturated rings. The lowest BCUT2D eigenvalue weighted by atomic mass is 10.2. The van der Waals surface area contributed by atoms with Crippen LogP contribution < -0.4 is 10.1 Å². The van der Waals surface area contributed by atoms with Crippen LogP contribution in [0.5, 0.6) is 11.5 Å². The van der Waals surface area contributed by atoms with E-state index in [1.165, 1.54) is 7.11 Å². The Labute approximate surface area is 90.4 Å². The molecular formula is C12H17NO2. The van der Waals surface area contributed by atoms with Gasteiger partial charge in [-0.05, 0) is 24.6 Å².